The smallest absolute Gasteiger partial charge is 0.333 e. The van der Waals surface area contributed by atoms with Crippen LogP contribution in [0.4, 0.5) is 11.4 Å². The van der Waals surface area contributed by atoms with Crippen molar-refractivity contribution in [2.45, 2.75) is 25.8 Å². The van der Waals surface area contributed by atoms with Crippen LogP contribution < -0.4 is 9.64 Å². The quantitative estimate of drug-likeness (QED) is 0.626. The van der Waals surface area contributed by atoms with Gasteiger partial charge in [-0.15, -0.1) is 0 Å². The number of nitro groups is 1. The maximum absolute atomic E-state index is 11.6. The maximum atomic E-state index is 11.6. The second-order valence-corrected chi connectivity index (χ2v) is 5.54. The molecule has 122 valence electrons. The largest absolute Gasteiger partial charge is 0.487 e. The molecule has 1 aromatic heterocycles. The van der Waals surface area contributed by atoms with E-state index in [0.29, 0.717) is 24.6 Å². The Morgan fingerprint density at radius 3 is 3.00 bits per heavy atom. The molecule has 0 radical (unpaired) electrons. The number of rotatable bonds is 5. The van der Waals surface area contributed by atoms with E-state index in [4.69, 9.17) is 4.74 Å². The van der Waals surface area contributed by atoms with Crippen LogP contribution in [0.2, 0.25) is 0 Å². The summed E-state index contributed by atoms with van der Waals surface area (Å²) >= 11 is 0. The van der Waals surface area contributed by atoms with Crippen molar-refractivity contribution in [1.82, 2.24) is 9.78 Å². The number of benzene rings is 1. The predicted molar refractivity (Wildman–Crippen MR) is 87.0 cm³/mol. The van der Waals surface area contributed by atoms with Gasteiger partial charge in [0.05, 0.1) is 17.6 Å². The van der Waals surface area contributed by atoms with Gasteiger partial charge in [0, 0.05) is 25.5 Å². The first kappa shape index (κ1) is 15.3. The lowest BCUT2D eigenvalue weighted by molar-refractivity contribution is -0.385. The number of aromatic nitrogens is 2. The Bertz CT molecular complexity index is 672. The van der Waals surface area contributed by atoms with Gasteiger partial charge in [0.25, 0.3) is 0 Å². The lowest BCUT2D eigenvalue weighted by Gasteiger charge is -2.34. The van der Waals surface area contributed by atoms with Crippen molar-refractivity contribution >= 4 is 11.4 Å². The van der Waals surface area contributed by atoms with E-state index in [9.17, 15) is 10.1 Å². The first-order valence-electron chi connectivity index (χ1n) is 7.85. The molecule has 7 nitrogen and oxygen atoms in total. The van der Waals surface area contributed by atoms with Gasteiger partial charge < -0.3 is 9.64 Å². The topological polar surface area (TPSA) is 73.4 Å². The number of piperidine rings is 1. The van der Waals surface area contributed by atoms with E-state index < -0.39 is 0 Å². The van der Waals surface area contributed by atoms with E-state index in [-0.39, 0.29) is 16.7 Å². The van der Waals surface area contributed by atoms with Gasteiger partial charge >= 0.3 is 5.69 Å². The molecule has 0 N–H and O–H groups in total. The molecule has 0 unspecified atom stereocenters. The summed E-state index contributed by atoms with van der Waals surface area (Å²) in [5.41, 5.74) is 0.674. The van der Waals surface area contributed by atoms with Crippen LogP contribution in [-0.2, 0) is 0 Å². The molecule has 1 atom stereocenters. The van der Waals surface area contributed by atoms with Crippen molar-refractivity contribution in [1.29, 1.82) is 0 Å². The van der Waals surface area contributed by atoms with Gasteiger partial charge in [0.15, 0.2) is 5.75 Å². The first-order valence-corrected chi connectivity index (χ1v) is 7.85. The zero-order valence-corrected chi connectivity index (χ0v) is 13.1. The van der Waals surface area contributed by atoms with Gasteiger partial charge in [-0.2, -0.15) is 5.10 Å². The van der Waals surface area contributed by atoms with Crippen LogP contribution in [-0.4, -0.2) is 34.4 Å². The van der Waals surface area contributed by atoms with Crippen LogP contribution in [0.25, 0.3) is 0 Å². The van der Waals surface area contributed by atoms with E-state index in [1.54, 1.807) is 18.3 Å². The van der Waals surface area contributed by atoms with Crippen LogP contribution in [0, 0.1) is 10.1 Å². The molecule has 1 fully saturated rings. The summed E-state index contributed by atoms with van der Waals surface area (Å²) in [4.78, 5) is 13.3. The third-order valence-electron chi connectivity index (χ3n) is 4.10. The zero-order chi connectivity index (χ0) is 16.2. The van der Waals surface area contributed by atoms with Crippen molar-refractivity contribution in [2.75, 3.05) is 24.6 Å². The highest BCUT2D eigenvalue weighted by Crippen LogP contribution is 2.39. The lowest BCUT2D eigenvalue weighted by Crippen LogP contribution is -2.37. The molecule has 23 heavy (non-hydrogen) atoms. The molecule has 7 heteroatoms. The summed E-state index contributed by atoms with van der Waals surface area (Å²) in [7, 11) is 0. The van der Waals surface area contributed by atoms with Gasteiger partial charge in [0.1, 0.15) is 5.69 Å². The summed E-state index contributed by atoms with van der Waals surface area (Å²) < 4.78 is 7.38. The maximum Gasteiger partial charge on any atom is 0.333 e. The summed E-state index contributed by atoms with van der Waals surface area (Å²) in [6, 6.07) is 7.39. The number of anilines is 1. The van der Waals surface area contributed by atoms with Crippen LogP contribution in [0.15, 0.2) is 36.7 Å². The standard InChI is InChI=1S/C16H20N4O3/c1-2-23-15-8-3-7-14(16(15)20(21)22)18-10-4-6-13(12-18)19-11-5-9-17-19/h3,5,7-9,11,13H,2,4,6,10,12H2,1H3/t13-/m1/s1. The van der Waals surface area contributed by atoms with E-state index in [1.807, 2.05) is 29.9 Å². The summed E-state index contributed by atoms with van der Waals surface area (Å²) in [5.74, 6) is 0.330. The normalized spacial score (nSPS) is 18.0. The number of nitrogens with zero attached hydrogens (tertiary/aromatic N) is 4. The second-order valence-electron chi connectivity index (χ2n) is 5.54. The SMILES string of the molecule is CCOc1cccc(N2CCC[C@@H](n3cccn3)C2)c1[N+](=O)[O-]. The number of hydrogen-bond acceptors (Lipinski definition) is 5. The highest BCUT2D eigenvalue weighted by atomic mass is 16.6. The Kier molecular flexibility index (Phi) is 4.45. The fourth-order valence-electron chi connectivity index (χ4n) is 3.11. The molecule has 1 aromatic carbocycles. The van der Waals surface area contributed by atoms with Gasteiger partial charge in [-0.25, -0.2) is 0 Å². The molecule has 0 bridgehead atoms. The summed E-state index contributed by atoms with van der Waals surface area (Å²) in [5, 5.41) is 15.9. The predicted octanol–water partition coefficient (Wildman–Crippen LogP) is 3.03. The lowest BCUT2D eigenvalue weighted by atomic mass is 10.0. The van der Waals surface area contributed by atoms with Crippen LogP contribution in [0.5, 0.6) is 5.75 Å². The Morgan fingerprint density at radius 2 is 2.30 bits per heavy atom. The highest BCUT2D eigenvalue weighted by Gasteiger charge is 2.29. The van der Waals surface area contributed by atoms with Crippen LogP contribution in [0.1, 0.15) is 25.8 Å². The monoisotopic (exact) mass is 316 g/mol. The Hall–Kier alpha value is -2.57. The third-order valence-corrected chi connectivity index (χ3v) is 4.10. The molecular formula is C16H20N4O3. The molecule has 3 rings (SSSR count). The summed E-state index contributed by atoms with van der Waals surface area (Å²) in [6.45, 7) is 3.73. The molecule has 1 aliphatic heterocycles. The number of para-hydroxylation sites is 1. The zero-order valence-electron chi connectivity index (χ0n) is 13.1. The van der Waals surface area contributed by atoms with E-state index >= 15 is 0 Å². The van der Waals surface area contributed by atoms with E-state index in [2.05, 4.69) is 10.00 Å². The van der Waals surface area contributed by atoms with Gasteiger partial charge in [0.2, 0.25) is 0 Å². The molecule has 0 saturated carbocycles. The minimum atomic E-state index is -0.349. The molecule has 2 aromatic rings. The third kappa shape index (κ3) is 3.13. The van der Waals surface area contributed by atoms with Crippen molar-refractivity contribution in [3.05, 3.63) is 46.8 Å². The molecule has 0 aliphatic carbocycles. The minimum absolute atomic E-state index is 0.0514. The Balaban J connectivity index is 1.91. The Labute approximate surface area is 134 Å². The first-order chi connectivity index (χ1) is 11.2. The summed E-state index contributed by atoms with van der Waals surface area (Å²) in [6.07, 6.45) is 5.70. The molecular weight excluding hydrogens is 296 g/mol. The molecule has 1 aliphatic rings. The fourth-order valence-corrected chi connectivity index (χ4v) is 3.11. The number of hydrogen-bond donors (Lipinski definition) is 0. The average molecular weight is 316 g/mol. The highest BCUT2D eigenvalue weighted by molar-refractivity contribution is 5.70. The molecule has 2 heterocycles. The van der Waals surface area contributed by atoms with Gasteiger partial charge in [-0.1, -0.05) is 6.07 Å². The van der Waals surface area contributed by atoms with E-state index in [1.165, 1.54) is 0 Å². The van der Waals surface area contributed by atoms with Crippen molar-refractivity contribution < 1.29 is 9.66 Å². The van der Waals surface area contributed by atoms with Crippen LogP contribution in [0.3, 0.4) is 0 Å². The molecule has 1 saturated heterocycles. The van der Waals surface area contributed by atoms with Crippen LogP contribution >= 0.6 is 0 Å². The number of ether oxygens (including phenoxy) is 1. The average Bonchev–Trinajstić information content (AvgIpc) is 3.09. The second kappa shape index (κ2) is 6.68. The molecule has 0 spiro atoms. The van der Waals surface area contributed by atoms with Crippen molar-refractivity contribution in [3.8, 4) is 5.75 Å². The molecule has 0 amide bonds. The van der Waals surface area contributed by atoms with Crippen molar-refractivity contribution in [3.63, 3.8) is 0 Å². The van der Waals surface area contributed by atoms with Gasteiger partial charge in [-0.3, -0.25) is 14.8 Å². The number of nitro benzene ring substituents is 1. The van der Waals surface area contributed by atoms with E-state index in [0.717, 1.165) is 19.4 Å². The Morgan fingerprint density at radius 1 is 1.43 bits per heavy atom. The van der Waals surface area contributed by atoms with Crippen molar-refractivity contribution in [2.24, 2.45) is 0 Å². The van der Waals surface area contributed by atoms with Gasteiger partial charge in [-0.05, 0) is 38.0 Å². The minimum Gasteiger partial charge on any atom is -0.487 e. The fraction of sp³-hybridized carbons (Fsp3) is 0.438.